The minimum absolute atomic E-state index is 0.270. The van der Waals surface area contributed by atoms with Gasteiger partial charge < -0.3 is 10.6 Å². The number of rotatable bonds is 7. The highest BCUT2D eigenvalue weighted by Crippen LogP contribution is 2.28. The first-order valence-electron chi connectivity index (χ1n) is 12.0. The monoisotopic (exact) mass is 516 g/mol. The average molecular weight is 517 g/mol. The Bertz CT molecular complexity index is 1650. The molecule has 3 aromatic heterocycles. The van der Waals surface area contributed by atoms with Crippen LogP contribution in [0.15, 0.2) is 67.3 Å². The molecule has 0 unspecified atom stereocenters. The van der Waals surface area contributed by atoms with E-state index in [2.05, 4.69) is 31.7 Å². The van der Waals surface area contributed by atoms with E-state index in [-0.39, 0.29) is 12.3 Å². The maximum atomic E-state index is 13.0. The van der Waals surface area contributed by atoms with Crippen LogP contribution in [0.2, 0.25) is 0 Å². The van der Waals surface area contributed by atoms with E-state index in [4.69, 9.17) is 10.2 Å². The zero-order chi connectivity index (χ0) is 28.0. The second kappa shape index (κ2) is 11.3. The SMILES string of the molecule is Cc1ccc(NC(=O)c2ccnc(C(C)(C)C#N)c2)cc1-c1cncc(-c2ccnc(NC(=O)CC#N)c2)n1. The summed E-state index contributed by atoms with van der Waals surface area (Å²) in [5, 5.41) is 23.6. The van der Waals surface area contributed by atoms with Gasteiger partial charge in [-0.15, -0.1) is 0 Å². The van der Waals surface area contributed by atoms with Crippen molar-refractivity contribution in [1.82, 2.24) is 19.9 Å². The molecule has 0 radical (unpaired) electrons. The number of aromatic nitrogens is 4. The molecule has 0 aliphatic carbocycles. The first kappa shape index (κ1) is 26.6. The molecule has 192 valence electrons. The highest BCUT2D eigenvalue weighted by atomic mass is 16.2. The summed E-state index contributed by atoms with van der Waals surface area (Å²) in [4.78, 5) is 42.2. The summed E-state index contributed by atoms with van der Waals surface area (Å²) in [5.41, 5.74) is 4.19. The van der Waals surface area contributed by atoms with Gasteiger partial charge in [-0.1, -0.05) is 6.07 Å². The molecule has 0 spiro atoms. The fourth-order valence-corrected chi connectivity index (χ4v) is 3.70. The van der Waals surface area contributed by atoms with Crippen molar-refractivity contribution in [2.24, 2.45) is 0 Å². The molecule has 10 nitrogen and oxygen atoms in total. The molecule has 0 fully saturated rings. The van der Waals surface area contributed by atoms with Crippen molar-refractivity contribution in [2.45, 2.75) is 32.6 Å². The lowest BCUT2D eigenvalue weighted by molar-refractivity contribution is -0.115. The highest BCUT2D eigenvalue weighted by Gasteiger charge is 2.22. The van der Waals surface area contributed by atoms with Crippen molar-refractivity contribution in [3.63, 3.8) is 0 Å². The van der Waals surface area contributed by atoms with Crippen molar-refractivity contribution >= 4 is 23.3 Å². The van der Waals surface area contributed by atoms with Crippen LogP contribution in [0.3, 0.4) is 0 Å². The molecule has 2 N–H and O–H groups in total. The van der Waals surface area contributed by atoms with Crippen LogP contribution in [-0.2, 0) is 10.2 Å². The van der Waals surface area contributed by atoms with Crippen molar-refractivity contribution in [3.8, 4) is 34.7 Å². The van der Waals surface area contributed by atoms with Crippen LogP contribution < -0.4 is 10.6 Å². The zero-order valence-corrected chi connectivity index (χ0v) is 21.6. The number of nitrogens with one attached hydrogen (secondary N) is 2. The van der Waals surface area contributed by atoms with Crippen LogP contribution in [0.25, 0.3) is 22.5 Å². The Kier molecular flexibility index (Phi) is 7.69. The molecule has 2 amide bonds. The van der Waals surface area contributed by atoms with Gasteiger partial charge in [-0.3, -0.25) is 19.6 Å². The molecule has 0 bridgehead atoms. The normalized spacial score (nSPS) is 10.7. The second-order valence-electron chi connectivity index (χ2n) is 9.25. The zero-order valence-electron chi connectivity index (χ0n) is 21.6. The standard InChI is InChI=1S/C29H24N8O2/c1-18-4-5-21(35-28(39)20-8-10-33-25(12-20)29(2,3)17-31)14-22(18)24-16-32-15-23(36-24)19-7-11-34-26(13-19)37-27(38)6-9-30/h4-5,7-8,10-16H,6H2,1-3H3,(H,35,39)(H,34,37,38). The first-order chi connectivity index (χ1) is 18.7. The van der Waals surface area contributed by atoms with E-state index in [0.717, 1.165) is 11.1 Å². The number of nitrogens with zero attached hydrogens (tertiary/aromatic N) is 6. The predicted octanol–water partition coefficient (Wildman–Crippen LogP) is 4.81. The van der Waals surface area contributed by atoms with E-state index >= 15 is 0 Å². The average Bonchev–Trinajstić information content (AvgIpc) is 2.94. The van der Waals surface area contributed by atoms with Gasteiger partial charge in [-0.25, -0.2) is 9.97 Å². The summed E-state index contributed by atoms with van der Waals surface area (Å²) >= 11 is 0. The largest absolute Gasteiger partial charge is 0.322 e. The third-order valence-electron chi connectivity index (χ3n) is 5.91. The van der Waals surface area contributed by atoms with E-state index in [0.29, 0.717) is 39.7 Å². The lowest BCUT2D eigenvalue weighted by Crippen LogP contribution is -2.18. The van der Waals surface area contributed by atoms with E-state index < -0.39 is 11.3 Å². The molecule has 39 heavy (non-hydrogen) atoms. The number of anilines is 2. The van der Waals surface area contributed by atoms with Gasteiger partial charge in [0.1, 0.15) is 12.2 Å². The molecule has 0 atom stereocenters. The molecule has 4 rings (SSSR count). The summed E-state index contributed by atoms with van der Waals surface area (Å²) < 4.78 is 0. The predicted molar refractivity (Wildman–Crippen MR) is 145 cm³/mol. The van der Waals surface area contributed by atoms with Gasteiger partial charge in [0, 0.05) is 34.8 Å². The van der Waals surface area contributed by atoms with Crippen molar-refractivity contribution in [2.75, 3.05) is 10.6 Å². The molecular weight excluding hydrogens is 492 g/mol. The summed E-state index contributed by atoms with van der Waals surface area (Å²) in [6.45, 7) is 5.43. The van der Waals surface area contributed by atoms with Crippen LogP contribution in [0, 0.1) is 29.6 Å². The minimum atomic E-state index is -0.825. The number of carbonyl (C=O) groups is 2. The molecule has 0 aliphatic heterocycles. The second-order valence-corrected chi connectivity index (χ2v) is 9.25. The first-order valence-corrected chi connectivity index (χ1v) is 12.0. The smallest absolute Gasteiger partial charge is 0.255 e. The fraction of sp³-hybridized carbons (Fsp3) is 0.172. The Balaban J connectivity index is 1.59. The van der Waals surface area contributed by atoms with Gasteiger partial charge in [-0.05, 0) is 62.7 Å². The lowest BCUT2D eigenvalue weighted by atomic mass is 9.90. The Morgan fingerprint density at radius 3 is 2.49 bits per heavy atom. The summed E-state index contributed by atoms with van der Waals surface area (Å²) in [6.07, 6.45) is 6.02. The van der Waals surface area contributed by atoms with Gasteiger partial charge in [0.25, 0.3) is 5.91 Å². The molecule has 10 heteroatoms. The van der Waals surface area contributed by atoms with E-state index in [1.165, 1.54) is 12.4 Å². The van der Waals surface area contributed by atoms with E-state index in [1.807, 2.05) is 19.1 Å². The van der Waals surface area contributed by atoms with E-state index in [9.17, 15) is 14.9 Å². The lowest BCUT2D eigenvalue weighted by Gasteiger charge is -2.15. The number of aryl methyl sites for hydroxylation is 1. The highest BCUT2D eigenvalue weighted by molar-refractivity contribution is 6.04. The molecule has 3 heterocycles. The van der Waals surface area contributed by atoms with Gasteiger partial charge in [0.05, 0.1) is 47.0 Å². The topological polar surface area (TPSA) is 157 Å². The van der Waals surface area contributed by atoms with Gasteiger partial charge in [0.2, 0.25) is 5.91 Å². The number of pyridine rings is 2. The molecule has 0 aliphatic rings. The number of carbonyl (C=O) groups excluding carboxylic acids is 2. The number of hydrogen-bond acceptors (Lipinski definition) is 8. The summed E-state index contributed by atoms with van der Waals surface area (Å²) in [5.74, 6) is -0.476. The number of nitriles is 2. The van der Waals surface area contributed by atoms with Gasteiger partial charge >= 0.3 is 0 Å². The number of hydrogen-bond donors (Lipinski definition) is 2. The number of amides is 2. The summed E-state index contributed by atoms with van der Waals surface area (Å²) in [6, 6.07) is 16.1. The quantitative estimate of drug-likeness (QED) is 0.354. The van der Waals surface area contributed by atoms with Gasteiger partial charge in [0.15, 0.2) is 0 Å². The minimum Gasteiger partial charge on any atom is -0.322 e. The Morgan fingerprint density at radius 1 is 0.949 bits per heavy atom. The third-order valence-corrected chi connectivity index (χ3v) is 5.91. The molecule has 0 saturated heterocycles. The maximum Gasteiger partial charge on any atom is 0.255 e. The van der Waals surface area contributed by atoms with Crippen molar-refractivity contribution < 1.29 is 9.59 Å². The van der Waals surface area contributed by atoms with Crippen LogP contribution in [0.5, 0.6) is 0 Å². The Hall–Kier alpha value is -5.48. The molecule has 1 aromatic carbocycles. The van der Waals surface area contributed by atoms with E-state index in [1.54, 1.807) is 62.6 Å². The fourth-order valence-electron chi connectivity index (χ4n) is 3.70. The molecular formula is C29H24N8O2. The van der Waals surface area contributed by atoms with Crippen molar-refractivity contribution in [3.05, 3.63) is 84.1 Å². The van der Waals surface area contributed by atoms with Crippen LogP contribution in [0.4, 0.5) is 11.5 Å². The maximum absolute atomic E-state index is 13.0. The third kappa shape index (κ3) is 6.27. The Labute approximate surface area is 225 Å². The van der Waals surface area contributed by atoms with Crippen LogP contribution in [-0.4, -0.2) is 31.8 Å². The van der Waals surface area contributed by atoms with Crippen LogP contribution >= 0.6 is 0 Å². The Morgan fingerprint density at radius 2 is 1.72 bits per heavy atom. The summed E-state index contributed by atoms with van der Waals surface area (Å²) in [7, 11) is 0. The molecule has 0 saturated carbocycles. The van der Waals surface area contributed by atoms with Crippen LogP contribution in [0.1, 0.15) is 41.9 Å². The number of benzene rings is 1. The molecule has 4 aromatic rings. The van der Waals surface area contributed by atoms with Gasteiger partial charge in [-0.2, -0.15) is 10.5 Å². The van der Waals surface area contributed by atoms with Crippen molar-refractivity contribution in [1.29, 1.82) is 10.5 Å².